The fourth-order valence-electron chi connectivity index (χ4n) is 1.40. The topological polar surface area (TPSA) is 74.7 Å². The van der Waals surface area contributed by atoms with Gasteiger partial charge in [-0.15, -0.1) is 0 Å². The first-order chi connectivity index (χ1) is 9.11. The van der Waals surface area contributed by atoms with Crippen LogP contribution in [0.2, 0.25) is 0 Å². The number of hydrogen-bond donors (Lipinski definition) is 1. The lowest BCUT2D eigenvalue weighted by Gasteiger charge is -2.17. The Labute approximate surface area is 142 Å². The maximum absolute atomic E-state index is 12.2. The number of sulfone groups is 1. The summed E-state index contributed by atoms with van der Waals surface area (Å²) in [6.07, 6.45) is 0. The summed E-state index contributed by atoms with van der Waals surface area (Å²) in [5.74, 6) is -0.361. The van der Waals surface area contributed by atoms with Crippen LogP contribution in [0.5, 0.6) is 0 Å². The molecule has 0 unspecified atom stereocenters. The second-order valence-electron chi connectivity index (χ2n) is 3.93. The minimum absolute atomic E-state index is 0.00799. The molecule has 1 N–H and O–H groups in total. The molecule has 0 atom stereocenters. The van der Waals surface area contributed by atoms with Gasteiger partial charge < -0.3 is 10.0 Å². The van der Waals surface area contributed by atoms with E-state index >= 15 is 0 Å². The van der Waals surface area contributed by atoms with Crippen molar-refractivity contribution in [1.82, 2.24) is 4.90 Å². The van der Waals surface area contributed by atoms with Crippen molar-refractivity contribution in [2.24, 2.45) is 0 Å². The fraction of sp³-hybridized carbons (Fsp3) is 0.364. The van der Waals surface area contributed by atoms with Crippen molar-refractivity contribution in [3.63, 3.8) is 0 Å². The van der Waals surface area contributed by atoms with Crippen LogP contribution >= 0.6 is 47.8 Å². The number of aliphatic hydroxyl groups excluding tert-OH is 1. The van der Waals surface area contributed by atoms with E-state index < -0.39 is 11.3 Å². The highest BCUT2D eigenvalue weighted by Gasteiger charge is 2.37. The molecule has 1 aromatic carbocycles. The van der Waals surface area contributed by atoms with Crippen LogP contribution in [-0.4, -0.2) is 46.0 Å². The Kier molecular flexibility index (Phi) is 6.21. The summed E-state index contributed by atoms with van der Waals surface area (Å²) >= 11 is 8.91. The zero-order valence-corrected chi connectivity index (χ0v) is 16.0. The Morgan fingerprint density at radius 3 is 2.45 bits per heavy atom. The minimum Gasteiger partial charge on any atom is -0.395 e. The molecule has 0 fully saturated rings. The van der Waals surface area contributed by atoms with Crippen LogP contribution in [0.4, 0.5) is 0 Å². The molecule has 0 aliphatic heterocycles. The summed E-state index contributed by atoms with van der Waals surface area (Å²) in [6.45, 7) is 0.0165. The number of alkyl halides is 3. The highest BCUT2D eigenvalue weighted by atomic mass is 80.0. The number of rotatable bonds is 4. The Bertz CT molecular complexity index is 598. The standard InChI is InChI=1S/C11H12Br3NO4S/c1-15(5-6-16)10(17)8-3-2-4-9(7-8)20(18,19)11(12,13)14/h2-4,7,16H,5-6H2,1H3. The lowest BCUT2D eigenvalue weighted by Crippen LogP contribution is -2.29. The van der Waals surface area contributed by atoms with Gasteiger partial charge in [-0.25, -0.2) is 8.42 Å². The van der Waals surface area contributed by atoms with Gasteiger partial charge in [-0.1, -0.05) is 6.07 Å². The summed E-state index contributed by atoms with van der Waals surface area (Å²) in [4.78, 5) is 13.4. The zero-order chi connectivity index (χ0) is 15.6. The van der Waals surface area contributed by atoms with E-state index in [1.807, 2.05) is 0 Å². The van der Waals surface area contributed by atoms with Crippen molar-refractivity contribution in [3.05, 3.63) is 29.8 Å². The monoisotopic (exact) mass is 491 g/mol. The molecule has 0 aliphatic rings. The Balaban J connectivity index is 3.19. The number of carbonyl (C=O) groups excluding carboxylic acids is 1. The third-order valence-electron chi connectivity index (χ3n) is 2.48. The quantitative estimate of drug-likeness (QED) is 0.653. The SMILES string of the molecule is CN(CCO)C(=O)c1cccc(S(=O)(=O)C(Br)(Br)Br)c1. The predicted octanol–water partition coefficient (Wildman–Crippen LogP) is 2.32. The van der Waals surface area contributed by atoms with Gasteiger partial charge in [-0.05, 0) is 66.0 Å². The third-order valence-corrected chi connectivity index (χ3v) is 7.80. The van der Waals surface area contributed by atoms with Gasteiger partial charge in [0.1, 0.15) is 0 Å². The smallest absolute Gasteiger partial charge is 0.253 e. The first-order valence-corrected chi connectivity index (χ1v) is 9.25. The molecule has 0 bridgehead atoms. The molecule has 0 radical (unpaired) electrons. The van der Waals surface area contributed by atoms with E-state index in [4.69, 9.17) is 5.11 Å². The summed E-state index contributed by atoms with van der Waals surface area (Å²) in [7, 11) is -2.21. The van der Waals surface area contributed by atoms with Crippen LogP contribution in [0.25, 0.3) is 0 Å². The minimum atomic E-state index is -3.74. The molecular weight excluding hydrogens is 482 g/mol. The molecule has 9 heteroatoms. The second kappa shape index (κ2) is 6.87. The van der Waals surface area contributed by atoms with Gasteiger partial charge >= 0.3 is 0 Å². The van der Waals surface area contributed by atoms with Gasteiger partial charge in [0.15, 0.2) is 0 Å². The second-order valence-corrected chi connectivity index (χ2v) is 14.4. The number of halogens is 3. The molecule has 0 spiro atoms. The van der Waals surface area contributed by atoms with Gasteiger partial charge in [0.25, 0.3) is 5.91 Å². The van der Waals surface area contributed by atoms with E-state index in [0.29, 0.717) is 0 Å². The molecular formula is C11H12Br3NO4S. The van der Waals surface area contributed by atoms with E-state index in [0.717, 1.165) is 0 Å². The van der Waals surface area contributed by atoms with E-state index in [9.17, 15) is 13.2 Å². The number of carbonyl (C=O) groups is 1. The maximum Gasteiger partial charge on any atom is 0.253 e. The maximum atomic E-state index is 12.2. The van der Waals surface area contributed by atoms with Crippen molar-refractivity contribution in [2.75, 3.05) is 20.2 Å². The average Bonchev–Trinajstić information content (AvgIpc) is 2.37. The van der Waals surface area contributed by atoms with Crippen LogP contribution in [0.1, 0.15) is 10.4 Å². The van der Waals surface area contributed by atoms with E-state index in [-0.39, 0.29) is 29.5 Å². The molecule has 0 saturated heterocycles. The molecule has 0 aromatic heterocycles. The van der Waals surface area contributed by atoms with E-state index in [1.54, 1.807) is 0 Å². The van der Waals surface area contributed by atoms with Gasteiger partial charge in [0.2, 0.25) is 11.3 Å². The molecule has 0 saturated carbocycles. The number of amides is 1. The molecule has 1 aromatic rings. The summed E-state index contributed by atoms with van der Waals surface area (Å²) in [5.41, 5.74) is 0.235. The largest absolute Gasteiger partial charge is 0.395 e. The van der Waals surface area contributed by atoms with Crippen molar-refractivity contribution < 1.29 is 18.3 Å². The van der Waals surface area contributed by atoms with E-state index in [1.165, 1.54) is 36.2 Å². The van der Waals surface area contributed by atoms with Crippen molar-refractivity contribution >= 4 is 63.5 Å². The molecule has 0 aliphatic carbocycles. The molecule has 0 heterocycles. The van der Waals surface area contributed by atoms with Crippen LogP contribution < -0.4 is 0 Å². The molecule has 20 heavy (non-hydrogen) atoms. The Morgan fingerprint density at radius 2 is 1.95 bits per heavy atom. The van der Waals surface area contributed by atoms with Crippen molar-refractivity contribution in [3.8, 4) is 0 Å². The first kappa shape index (κ1) is 18.1. The molecule has 1 amide bonds. The number of nitrogens with zero attached hydrogens (tertiary/aromatic N) is 1. The number of hydrogen-bond acceptors (Lipinski definition) is 4. The first-order valence-electron chi connectivity index (χ1n) is 5.39. The van der Waals surface area contributed by atoms with Gasteiger partial charge in [-0.2, -0.15) is 0 Å². The molecule has 1 rings (SSSR count). The summed E-state index contributed by atoms with van der Waals surface area (Å²) in [5, 5.41) is 8.81. The highest BCUT2D eigenvalue weighted by Crippen LogP contribution is 2.43. The van der Waals surface area contributed by atoms with E-state index in [2.05, 4.69) is 47.8 Å². The number of likely N-dealkylation sites (N-methyl/N-ethyl adjacent to an activating group) is 1. The lowest BCUT2D eigenvalue weighted by molar-refractivity contribution is 0.0766. The van der Waals surface area contributed by atoms with Crippen molar-refractivity contribution in [2.45, 2.75) is 6.37 Å². The molecule has 112 valence electrons. The van der Waals surface area contributed by atoms with Gasteiger partial charge in [0, 0.05) is 19.2 Å². The van der Waals surface area contributed by atoms with Crippen LogP contribution in [0, 0.1) is 0 Å². The average molecular weight is 494 g/mol. The zero-order valence-electron chi connectivity index (χ0n) is 10.4. The van der Waals surface area contributed by atoms with Crippen LogP contribution in [-0.2, 0) is 9.84 Å². The molecule has 5 nitrogen and oxygen atoms in total. The lowest BCUT2D eigenvalue weighted by atomic mass is 10.2. The number of benzene rings is 1. The highest BCUT2D eigenvalue weighted by molar-refractivity contribution is 9.42. The fourth-order valence-corrected chi connectivity index (χ4v) is 3.89. The third kappa shape index (κ3) is 4.03. The van der Waals surface area contributed by atoms with Gasteiger partial charge in [0.05, 0.1) is 11.5 Å². The van der Waals surface area contributed by atoms with Crippen molar-refractivity contribution in [1.29, 1.82) is 0 Å². The normalized spacial score (nSPS) is 12.2. The number of aliphatic hydroxyl groups is 1. The summed E-state index contributed by atoms with van der Waals surface area (Å²) in [6, 6.07) is 5.71. The Hall–Kier alpha value is 0.0400. The van der Waals surface area contributed by atoms with Crippen LogP contribution in [0.15, 0.2) is 29.2 Å². The summed E-state index contributed by atoms with van der Waals surface area (Å²) < 4.78 is 22.9. The van der Waals surface area contributed by atoms with Gasteiger partial charge in [-0.3, -0.25) is 4.79 Å². The van der Waals surface area contributed by atoms with Crippen LogP contribution in [0.3, 0.4) is 0 Å². The predicted molar refractivity (Wildman–Crippen MR) is 87.2 cm³/mol. The Morgan fingerprint density at radius 1 is 1.35 bits per heavy atom.